The molecule has 1 aliphatic heterocycles. The van der Waals surface area contributed by atoms with Crippen LogP contribution in [0.4, 0.5) is 0 Å². The molecule has 0 aromatic carbocycles. The lowest BCUT2D eigenvalue weighted by atomic mass is 10.2. The van der Waals surface area contributed by atoms with Crippen molar-refractivity contribution in [3.05, 3.63) is 24.0 Å². The lowest BCUT2D eigenvalue weighted by molar-refractivity contribution is 0.0773. The molecule has 1 aromatic heterocycles. The summed E-state index contributed by atoms with van der Waals surface area (Å²) in [6, 6.07) is 4.41. The zero-order chi connectivity index (χ0) is 12.5. The van der Waals surface area contributed by atoms with E-state index >= 15 is 0 Å². The molecule has 2 atom stereocenters. The third-order valence-electron chi connectivity index (χ3n) is 3.73. The van der Waals surface area contributed by atoms with Gasteiger partial charge in [-0.1, -0.05) is 0 Å². The topological polar surface area (TPSA) is 55.3 Å². The summed E-state index contributed by atoms with van der Waals surface area (Å²) in [5, 5.41) is 6.29. The highest BCUT2D eigenvalue weighted by molar-refractivity contribution is 5.93. The lowest BCUT2D eigenvalue weighted by Gasteiger charge is -2.19. The first kappa shape index (κ1) is 11.7. The van der Waals surface area contributed by atoms with Gasteiger partial charge >= 0.3 is 0 Å². The number of carbonyl (C=O) groups is 1. The molecule has 0 spiro atoms. The molecule has 0 bridgehead atoms. The third-order valence-corrected chi connectivity index (χ3v) is 3.73. The van der Waals surface area contributed by atoms with Crippen molar-refractivity contribution in [2.45, 2.75) is 31.0 Å². The van der Waals surface area contributed by atoms with Gasteiger partial charge in [-0.3, -0.25) is 4.79 Å². The number of hydrogen-bond acceptors (Lipinski definition) is 3. The van der Waals surface area contributed by atoms with Crippen molar-refractivity contribution in [2.75, 3.05) is 20.2 Å². The van der Waals surface area contributed by atoms with Crippen molar-refractivity contribution in [2.24, 2.45) is 0 Å². The fourth-order valence-corrected chi connectivity index (χ4v) is 2.55. The third kappa shape index (κ3) is 2.15. The van der Waals surface area contributed by atoms with E-state index in [0.29, 0.717) is 6.04 Å². The van der Waals surface area contributed by atoms with Crippen LogP contribution >= 0.6 is 0 Å². The molecule has 2 heterocycles. The highest BCUT2D eigenvalue weighted by Crippen LogP contribution is 2.35. The van der Waals surface area contributed by atoms with Crippen molar-refractivity contribution < 1.29 is 9.53 Å². The van der Waals surface area contributed by atoms with Gasteiger partial charge in [-0.2, -0.15) is 0 Å². The Balaban J connectivity index is 1.68. The molecule has 2 aliphatic rings. The van der Waals surface area contributed by atoms with E-state index in [4.69, 9.17) is 4.74 Å². The van der Waals surface area contributed by atoms with Crippen LogP contribution in [0.1, 0.15) is 29.4 Å². The Morgan fingerprint density at radius 1 is 1.50 bits per heavy atom. The van der Waals surface area contributed by atoms with Crippen LogP contribution in [0.15, 0.2) is 18.3 Å². The molecule has 1 saturated carbocycles. The largest absolute Gasteiger partial charge is 0.378 e. The number of nitrogens with one attached hydrogen (secondary N) is 2. The quantitative estimate of drug-likeness (QED) is 0.819. The van der Waals surface area contributed by atoms with E-state index in [1.807, 2.05) is 18.3 Å². The van der Waals surface area contributed by atoms with Gasteiger partial charge in [-0.25, -0.2) is 0 Å². The standard InChI is InChI=1S/C13H19N3O2/c1-18-12-8-14-7-10(12)15-13(17)11-3-2-6-16(11)9-4-5-9/h2-3,6,9-10,12,14H,4-5,7-8H2,1H3,(H,15,17)/t10?,12-/m1/s1. The van der Waals surface area contributed by atoms with Crippen molar-refractivity contribution >= 4 is 5.91 Å². The summed E-state index contributed by atoms with van der Waals surface area (Å²) in [6.45, 7) is 1.57. The van der Waals surface area contributed by atoms with Crippen LogP contribution in [0.2, 0.25) is 0 Å². The number of carbonyl (C=O) groups excluding carboxylic acids is 1. The summed E-state index contributed by atoms with van der Waals surface area (Å²) in [6.07, 6.45) is 4.42. The molecule has 5 heteroatoms. The summed E-state index contributed by atoms with van der Waals surface area (Å²) >= 11 is 0. The average molecular weight is 249 g/mol. The second kappa shape index (κ2) is 4.74. The Bertz CT molecular complexity index is 439. The van der Waals surface area contributed by atoms with Crippen molar-refractivity contribution in [1.29, 1.82) is 0 Å². The average Bonchev–Trinajstić information content (AvgIpc) is 2.93. The van der Waals surface area contributed by atoms with Crippen LogP contribution in [0.5, 0.6) is 0 Å². The number of methoxy groups -OCH3 is 1. The molecular weight excluding hydrogens is 230 g/mol. The number of nitrogens with zero attached hydrogens (tertiary/aromatic N) is 1. The van der Waals surface area contributed by atoms with Crippen LogP contribution in [0.3, 0.4) is 0 Å². The molecular formula is C13H19N3O2. The minimum absolute atomic E-state index is 0.00245. The highest BCUT2D eigenvalue weighted by atomic mass is 16.5. The smallest absolute Gasteiger partial charge is 0.268 e. The summed E-state index contributed by atoms with van der Waals surface area (Å²) in [4.78, 5) is 12.3. The Morgan fingerprint density at radius 2 is 2.33 bits per heavy atom. The van der Waals surface area contributed by atoms with Crippen molar-refractivity contribution in [3.8, 4) is 0 Å². The fourth-order valence-electron chi connectivity index (χ4n) is 2.55. The van der Waals surface area contributed by atoms with Gasteiger partial charge in [0.05, 0.1) is 12.1 Å². The molecule has 98 valence electrons. The van der Waals surface area contributed by atoms with Gasteiger partial charge in [0.1, 0.15) is 5.69 Å². The van der Waals surface area contributed by atoms with Gasteiger partial charge in [0.15, 0.2) is 0 Å². The molecule has 1 saturated heterocycles. The van der Waals surface area contributed by atoms with Crippen molar-refractivity contribution in [3.63, 3.8) is 0 Å². The summed E-state index contributed by atoms with van der Waals surface area (Å²) in [5.74, 6) is 0.00245. The fraction of sp³-hybridized carbons (Fsp3) is 0.615. The Morgan fingerprint density at radius 3 is 3.06 bits per heavy atom. The number of hydrogen-bond donors (Lipinski definition) is 2. The zero-order valence-corrected chi connectivity index (χ0v) is 10.6. The molecule has 1 amide bonds. The molecule has 2 fully saturated rings. The molecule has 3 rings (SSSR count). The van der Waals surface area contributed by atoms with E-state index in [1.165, 1.54) is 12.8 Å². The van der Waals surface area contributed by atoms with Gasteiger partial charge < -0.3 is 19.9 Å². The number of aromatic nitrogens is 1. The van der Waals surface area contributed by atoms with Crippen LogP contribution in [-0.2, 0) is 4.74 Å². The number of rotatable bonds is 4. The maximum Gasteiger partial charge on any atom is 0.268 e. The van der Waals surface area contributed by atoms with Crippen LogP contribution in [0.25, 0.3) is 0 Å². The van der Waals surface area contributed by atoms with E-state index in [-0.39, 0.29) is 18.1 Å². The Hall–Kier alpha value is -1.33. The first-order valence-corrected chi connectivity index (χ1v) is 6.51. The normalized spacial score (nSPS) is 27.4. The summed E-state index contributed by atoms with van der Waals surface area (Å²) in [7, 11) is 1.68. The second-order valence-electron chi connectivity index (χ2n) is 5.04. The van der Waals surface area contributed by atoms with E-state index in [0.717, 1.165) is 18.8 Å². The maximum absolute atomic E-state index is 12.3. The van der Waals surface area contributed by atoms with E-state index in [1.54, 1.807) is 7.11 Å². The van der Waals surface area contributed by atoms with Gasteiger partial charge in [0.2, 0.25) is 0 Å². The van der Waals surface area contributed by atoms with Gasteiger partial charge in [-0.15, -0.1) is 0 Å². The maximum atomic E-state index is 12.3. The van der Waals surface area contributed by atoms with Crippen LogP contribution in [0, 0.1) is 0 Å². The first-order chi connectivity index (χ1) is 8.79. The highest BCUT2D eigenvalue weighted by Gasteiger charge is 2.31. The van der Waals surface area contributed by atoms with E-state index in [2.05, 4.69) is 15.2 Å². The molecule has 1 unspecified atom stereocenters. The molecule has 2 N–H and O–H groups in total. The minimum Gasteiger partial charge on any atom is -0.378 e. The van der Waals surface area contributed by atoms with Gasteiger partial charge in [-0.05, 0) is 25.0 Å². The van der Waals surface area contributed by atoms with E-state index in [9.17, 15) is 4.79 Å². The summed E-state index contributed by atoms with van der Waals surface area (Å²) in [5.41, 5.74) is 0.763. The zero-order valence-electron chi connectivity index (χ0n) is 10.6. The number of amides is 1. The predicted octanol–water partition coefficient (Wildman–Crippen LogP) is 0.540. The van der Waals surface area contributed by atoms with Crippen LogP contribution < -0.4 is 10.6 Å². The monoisotopic (exact) mass is 249 g/mol. The number of ether oxygens (including phenoxy) is 1. The van der Waals surface area contributed by atoms with Gasteiger partial charge in [0.25, 0.3) is 5.91 Å². The van der Waals surface area contributed by atoms with Crippen molar-refractivity contribution in [1.82, 2.24) is 15.2 Å². The second-order valence-corrected chi connectivity index (χ2v) is 5.04. The molecule has 1 aromatic rings. The molecule has 1 aliphatic carbocycles. The van der Waals surface area contributed by atoms with Gasteiger partial charge in [0, 0.05) is 32.4 Å². The Kier molecular flexibility index (Phi) is 3.09. The molecule has 18 heavy (non-hydrogen) atoms. The minimum atomic E-state index is 0.00245. The SMILES string of the molecule is CO[C@@H]1CNCC1NC(=O)c1cccn1C1CC1. The Labute approximate surface area is 106 Å². The van der Waals surface area contributed by atoms with E-state index < -0.39 is 0 Å². The predicted molar refractivity (Wildman–Crippen MR) is 67.6 cm³/mol. The lowest BCUT2D eigenvalue weighted by Crippen LogP contribution is -2.44. The van der Waals surface area contributed by atoms with Crippen LogP contribution in [-0.4, -0.2) is 42.8 Å². The molecule has 5 nitrogen and oxygen atoms in total. The summed E-state index contributed by atoms with van der Waals surface area (Å²) < 4.78 is 7.43. The first-order valence-electron chi connectivity index (χ1n) is 6.51. The molecule has 0 radical (unpaired) electrons.